The number of alkyl halides is 3. The number of nitrogens with zero attached hydrogens (tertiary/aromatic N) is 2. The maximum Gasteiger partial charge on any atom is 0.458 e. The van der Waals surface area contributed by atoms with E-state index < -0.39 is 6.18 Å². The van der Waals surface area contributed by atoms with Gasteiger partial charge in [0.2, 0.25) is 5.16 Å². The molecule has 0 aliphatic rings. The van der Waals surface area contributed by atoms with E-state index in [1.807, 2.05) is 5.25 Å². The Labute approximate surface area is 80.7 Å². The van der Waals surface area contributed by atoms with Crippen molar-refractivity contribution in [1.29, 1.82) is 0 Å². The molecule has 1 heterocycles. The molecule has 1 aromatic heterocycles. The first-order valence-electron chi connectivity index (χ1n) is 3.03. The van der Waals surface area contributed by atoms with E-state index >= 15 is 0 Å². The van der Waals surface area contributed by atoms with Crippen LogP contribution in [0.25, 0.3) is 0 Å². The van der Waals surface area contributed by atoms with Crippen LogP contribution in [0.2, 0.25) is 0 Å². The minimum atomic E-state index is -4.45. The van der Waals surface area contributed by atoms with Gasteiger partial charge in [0.05, 0.1) is 0 Å². The molecule has 0 saturated carbocycles. The molecule has 0 aliphatic carbocycles. The highest BCUT2D eigenvalue weighted by Crippen LogP contribution is 2.17. The summed E-state index contributed by atoms with van der Waals surface area (Å²) in [6.45, 7) is 1.72. The van der Waals surface area contributed by atoms with Gasteiger partial charge in [0, 0.05) is 17.7 Å². The van der Waals surface area contributed by atoms with Crippen molar-refractivity contribution in [3.05, 3.63) is 5.01 Å². The number of hydrogen-bond donors (Lipinski definition) is 0. The van der Waals surface area contributed by atoms with E-state index in [9.17, 15) is 13.2 Å². The summed E-state index contributed by atoms with van der Waals surface area (Å²) in [4.78, 5) is 3.83. The van der Waals surface area contributed by atoms with Gasteiger partial charge in [-0.05, 0) is 23.7 Å². The topological polar surface area (TPSA) is 25.8 Å². The highest BCUT2D eigenvalue weighted by Gasteiger charge is 2.23. The van der Waals surface area contributed by atoms with Gasteiger partial charge >= 0.3 is 6.18 Å². The van der Waals surface area contributed by atoms with Gasteiger partial charge in [0.25, 0.3) is 0 Å². The molecule has 1 aromatic rings. The Morgan fingerprint density at radius 1 is 1.46 bits per heavy atom. The number of rotatable bonds is 1. The van der Waals surface area contributed by atoms with E-state index in [4.69, 9.17) is 0 Å². The van der Waals surface area contributed by atoms with Gasteiger partial charge in [0.1, 0.15) is 5.01 Å². The number of hydrogen-bond acceptors (Lipinski definition) is 4. The minimum Gasteiger partial charge on any atom is -0.214 e. The van der Waals surface area contributed by atoms with Crippen LogP contribution in [0, 0.1) is 18.1 Å². The molecule has 0 aliphatic heterocycles. The van der Waals surface area contributed by atoms with Gasteiger partial charge in [0.15, 0.2) is 0 Å². The largest absolute Gasteiger partial charge is 0.458 e. The second kappa shape index (κ2) is 3.98. The Balaban J connectivity index is 2.55. The predicted octanol–water partition coefficient (Wildman–Crippen LogP) is 2.46. The molecule has 0 spiro atoms. The van der Waals surface area contributed by atoms with E-state index in [1.54, 1.807) is 6.92 Å². The maximum atomic E-state index is 11.5. The van der Waals surface area contributed by atoms with E-state index in [0.29, 0.717) is 16.8 Å². The molecule has 7 heteroatoms. The number of aryl methyl sites for hydroxylation is 1. The van der Waals surface area contributed by atoms with Gasteiger partial charge in [-0.25, -0.2) is 4.98 Å². The van der Waals surface area contributed by atoms with Crippen LogP contribution in [0.5, 0.6) is 0 Å². The van der Waals surface area contributed by atoms with Gasteiger partial charge in [-0.3, -0.25) is 0 Å². The first-order chi connectivity index (χ1) is 5.97. The third-order valence-electron chi connectivity index (χ3n) is 0.844. The molecule has 0 unspecified atom stereocenters. The molecule has 0 saturated heterocycles. The average Bonchev–Trinajstić information content (AvgIpc) is 2.33. The molecule has 0 atom stereocenters. The van der Waals surface area contributed by atoms with Crippen molar-refractivity contribution in [2.24, 2.45) is 0 Å². The van der Waals surface area contributed by atoms with Crippen molar-refractivity contribution in [2.75, 3.05) is 0 Å². The van der Waals surface area contributed by atoms with Crippen molar-refractivity contribution in [2.45, 2.75) is 18.3 Å². The first kappa shape index (κ1) is 10.3. The molecule has 0 radical (unpaired) electrons. The standard InChI is InChI=1S/C6H3F3N2S2/c1-4-10-5(11-13-4)12-3-2-6(7,8)9/h1H3. The molecular formula is C6H3F3N2S2. The molecule has 70 valence electrons. The van der Waals surface area contributed by atoms with Gasteiger partial charge in [-0.1, -0.05) is 0 Å². The van der Waals surface area contributed by atoms with Crippen molar-refractivity contribution in [3.63, 3.8) is 0 Å². The summed E-state index contributed by atoms with van der Waals surface area (Å²) in [5, 5.41) is 2.85. The summed E-state index contributed by atoms with van der Waals surface area (Å²) < 4.78 is 38.4. The second-order valence-electron chi connectivity index (χ2n) is 1.92. The SMILES string of the molecule is Cc1nc(SC#CC(F)(F)F)ns1. The minimum absolute atomic E-state index is 0.263. The molecule has 0 fully saturated rings. The Kier molecular flexibility index (Phi) is 3.17. The third-order valence-corrected chi connectivity index (χ3v) is 2.15. The van der Waals surface area contributed by atoms with Crippen molar-refractivity contribution in [1.82, 2.24) is 9.36 Å². The zero-order valence-corrected chi connectivity index (χ0v) is 7.98. The van der Waals surface area contributed by atoms with E-state index in [-0.39, 0.29) is 5.16 Å². The summed E-state index contributed by atoms with van der Waals surface area (Å²) in [5.41, 5.74) is 0. The first-order valence-corrected chi connectivity index (χ1v) is 4.62. The molecule has 0 amide bonds. The molecule has 0 aromatic carbocycles. The summed E-state index contributed by atoms with van der Waals surface area (Å²) in [6.07, 6.45) is -4.45. The maximum absolute atomic E-state index is 11.5. The summed E-state index contributed by atoms with van der Waals surface area (Å²) in [5.74, 6) is 1.12. The van der Waals surface area contributed by atoms with Crippen LogP contribution in [-0.4, -0.2) is 15.5 Å². The molecule has 0 bridgehead atoms. The van der Waals surface area contributed by atoms with Crippen LogP contribution in [0.3, 0.4) is 0 Å². The van der Waals surface area contributed by atoms with E-state index in [0.717, 1.165) is 17.5 Å². The fourth-order valence-corrected chi connectivity index (χ4v) is 1.59. The van der Waals surface area contributed by atoms with E-state index in [1.165, 1.54) is 0 Å². The lowest BCUT2D eigenvalue weighted by atomic mass is 10.7. The fourth-order valence-electron chi connectivity index (χ4n) is 0.451. The van der Waals surface area contributed by atoms with Gasteiger partial charge < -0.3 is 0 Å². The monoisotopic (exact) mass is 224 g/mol. The zero-order chi connectivity index (χ0) is 9.90. The molecule has 13 heavy (non-hydrogen) atoms. The lowest BCUT2D eigenvalue weighted by Crippen LogP contribution is -2.00. The van der Waals surface area contributed by atoms with Gasteiger partial charge in [-0.2, -0.15) is 17.5 Å². The Morgan fingerprint density at radius 3 is 2.62 bits per heavy atom. The van der Waals surface area contributed by atoms with Crippen LogP contribution in [0.15, 0.2) is 5.16 Å². The van der Waals surface area contributed by atoms with Crippen LogP contribution in [-0.2, 0) is 0 Å². The smallest absolute Gasteiger partial charge is 0.214 e. The molecule has 2 nitrogen and oxygen atoms in total. The number of halogens is 3. The van der Waals surface area contributed by atoms with Crippen LogP contribution >= 0.6 is 23.3 Å². The Morgan fingerprint density at radius 2 is 2.15 bits per heavy atom. The lowest BCUT2D eigenvalue weighted by Gasteiger charge is -1.90. The normalized spacial score (nSPS) is 10.8. The fraction of sp³-hybridized carbons (Fsp3) is 0.333. The summed E-state index contributed by atoms with van der Waals surface area (Å²) >= 11 is 1.81. The Bertz CT molecular complexity index is 347. The van der Waals surface area contributed by atoms with Crippen molar-refractivity contribution >= 4 is 23.3 Å². The van der Waals surface area contributed by atoms with Gasteiger partial charge in [-0.15, -0.1) is 0 Å². The molecule has 0 N–H and O–H groups in total. The second-order valence-corrected chi connectivity index (χ2v) is 3.65. The van der Waals surface area contributed by atoms with E-state index in [2.05, 4.69) is 9.36 Å². The third kappa shape index (κ3) is 4.15. The average molecular weight is 224 g/mol. The zero-order valence-electron chi connectivity index (χ0n) is 6.34. The molecule has 1 rings (SSSR count). The number of thioether (sulfide) groups is 1. The summed E-state index contributed by atoms with van der Waals surface area (Å²) in [6, 6.07) is 0. The van der Waals surface area contributed by atoms with Crippen LogP contribution < -0.4 is 0 Å². The Hall–Kier alpha value is -0.740. The highest BCUT2D eigenvalue weighted by atomic mass is 32.2. The van der Waals surface area contributed by atoms with Crippen LogP contribution in [0.1, 0.15) is 5.01 Å². The van der Waals surface area contributed by atoms with Crippen molar-refractivity contribution in [3.8, 4) is 11.2 Å². The summed E-state index contributed by atoms with van der Waals surface area (Å²) in [7, 11) is 0. The predicted molar refractivity (Wildman–Crippen MR) is 44.3 cm³/mol. The highest BCUT2D eigenvalue weighted by molar-refractivity contribution is 8.03. The van der Waals surface area contributed by atoms with Crippen LogP contribution in [0.4, 0.5) is 13.2 Å². The number of aromatic nitrogens is 2. The van der Waals surface area contributed by atoms with Crippen molar-refractivity contribution < 1.29 is 13.2 Å². The lowest BCUT2D eigenvalue weighted by molar-refractivity contribution is -0.0695. The quantitative estimate of drug-likeness (QED) is 0.541. The molecular weight excluding hydrogens is 221 g/mol.